The molecule has 2 nitrogen and oxygen atoms in total. The largest absolute Gasteiger partial charge is 0.370 e. The van der Waals surface area contributed by atoms with Gasteiger partial charge in [0.2, 0.25) is 0 Å². The Labute approximate surface area is 118 Å². The summed E-state index contributed by atoms with van der Waals surface area (Å²) in [5, 5.41) is 3.46. The Balaban J connectivity index is 2.27. The topological polar surface area (TPSA) is 15.3 Å². The number of hydrogen-bond acceptors (Lipinski definition) is 2. The molecule has 1 aromatic carbocycles. The van der Waals surface area contributed by atoms with Crippen molar-refractivity contribution in [2.24, 2.45) is 5.41 Å². The fourth-order valence-corrected chi connectivity index (χ4v) is 2.46. The van der Waals surface area contributed by atoms with Gasteiger partial charge in [-0.15, -0.1) is 0 Å². The molecule has 1 saturated heterocycles. The summed E-state index contributed by atoms with van der Waals surface area (Å²) in [5.41, 5.74) is 0.444. The molecule has 1 heterocycles. The summed E-state index contributed by atoms with van der Waals surface area (Å²) < 4.78 is 39.8. The Morgan fingerprint density at radius 1 is 1.15 bits per heavy atom. The van der Waals surface area contributed by atoms with E-state index in [4.69, 9.17) is 0 Å². The zero-order valence-corrected chi connectivity index (χ0v) is 12.1. The van der Waals surface area contributed by atoms with Crippen LogP contribution in [0.4, 0.5) is 18.9 Å². The third-order valence-electron chi connectivity index (χ3n) is 3.78. The van der Waals surface area contributed by atoms with Crippen LogP contribution in [0.1, 0.15) is 27.2 Å². The Kier molecular flexibility index (Phi) is 4.28. The molecule has 0 bridgehead atoms. The zero-order valence-electron chi connectivity index (χ0n) is 12.1. The smallest absolute Gasteiger partial charge is 0.194 e. The molecular formula is C15H21F3N2. The molecule has 1 atom stereocenters. The van der Waals surface area contributed by atoms with E-state index in [2.05, 4.69) is 26.1 Å². The fraction of sp³-hybridized carbons (Fsp3) is 0.600. The van der Waals surface area contributed by atoms with Gasteiger partial charge in [-0.25, -0.2) is 13.2 Å². The van der Waals surface area contributed by atoms with Gasteiger partial charge in [0.05, 0.1) is 0 Å². The first kappa shape index (κ1) is 15.2. The van der Waals surface area contributed by atoms with E-state index < -0.39 is 17.5 Å². The van der Waals surface area contributed by atoms with Crippen molar-refractivity contribution in [2.45, 2.75) is 33.2 Å². The molecule has 1 unspecified atom stereocenters. The van der Waals surface area contributed by atoms with Gasteiger partial charge in [0.25, 0.3) is 0 Å². The summed E-state index contributed by atoms with van der Waals surface area (Å²) in [6.07, 6.45) is 0.882. The lowest BCUT2D eigenvalue weighted by Crippen LogP contribution is -2.46. The number of benzene rings is 1. The van der Waals surface area contributed by atoms with E-state index in [9.17, 15) is 13.2 Å². The van der Waals surface area contributed by atoms with Crippen LogP contribution in [0.15, 0.2) is 12.1 Å². The summed E-state index contributed by atoms with van der Waals surface area (Å²) in [4.78, 5) is 1.92. The maximum Gasteiger partial charge on any atom is 0.194 e. The van der Waals surface area contributed by atoms with Crippen molar-refractivity contribution in [2.75, 3.05) is 24.5 Å². The zero-order chi connectivity index (χ0) is 14.9. The molecule has 0 spiro atoms. The Morgan fingerprint density at radius 3 is 2.30 bits per heavy atom. The summed E-state index contributed by atoms with van der Waals surface area (Å²) >= 11 is 0. The number of nitrogens with zero attached hydrogens (tertiary/aromatic N) is 1. The van der Waals surface area contributed by atoms with E-state index in [1.807, 2.05) is 4.90 Å². The summed E-state index contributed by atoms with van der Waals surface area (Å²) in [6.45, 7) is 8.59. The van der Waals surface area contributed by atoms with E-state index in [1.54, 1.807) is 0 Å². The average molecular weight is 286 g/mol. The Bertz CT molecular complexity index is 459. The minimum atomic E-state index is -1.41. The first-order chi connectivity index (χ1) is 9.29. The first-order valence-corrected chi connectivity index (χ1v) is 6.92. The quantitative estimate of drug-likeness (QED) is 0.797. The van der Waals surface area contributed by atoms with Gasteiger partial charge in [0, 0.05) is 37.0 Å². The minimum Gasteiger partial charge on any atom is -0.370 e. The van der Waals surface area contributed by atoms with Gasteiger partial charge in [-0.1, -0.05) is 20.8 Å². The van der Waals surface area contributed by atoms with Crippen molar-refractivity contribution >= 4 is 5.69 Å². The van der Waals surface area contributed by atoms with Gasteiger partial charge in [0.15, 0.2) is 17.5 Å². The molecule has 0 aliphatic carbocycles. The molecule has 1 N–H and O–H groups in total. The van der Waals surface area contributed by atoms with Crippen molar-refractivity contribution in [3.63, 3.8) is 0 Å². The van der Waals surface area contributed by atoms with Crippen LogP contribution in [-0.4, -0.2) is 25.7 Å². The number of nitrogens with one attached hydrogen (secondary N) is 1. The molecule has 0 amide bonds. The second kappa shape index (κ2) is 5.64. The van der Waals surface area contributed by atoms with Crippen molar-refractivity contribution < 1.29 is 13.2 Å². The van der Waals surface area contributed by atoms with Crippen LogP contribution in [-0.2, 0) is 0 Å². The molecule has 0 radical (unpaired) electrons. The van der Waals surface area contributed by atoms with Crippen molar-refractivity contribution in [3.8, 4) is 0 Å². The van der Waals surface area contributed by atoms with Crippen LogP contribution in [0.2, 0.25) is 0 Å². The van der Waals surface area contributed by atoms with Crippen molar-refractivity contribution in [3.05, 3.63) is 29.6 Å². The normalized spacial score (nSPS) is 20.9. The molecule has 1 aliphatic rings. The molecule has 0 aromatic heterocycles. The van der Waals surface area contributed by atoms with Crippen LogP contribution < -0.4 is 10.2 Å². The summed E-state index contributed by atoms with van der Waals surface area (Å²) in [6, 6.07) is 2.36. The Hall–Kier alpha value is -1.23. The van der Waals surface area contributed by atoms with E-state index in [0.717, 1.165) is 25.1 Å². The van der Waals surface area contributed by atoms with Gasteiger partial charge in [-0.05, 0) is 18.4 Å². The van der Waals surface area contributed by atoms with Crippen LogP contribution >= 0.6 is 0 Å². The van der Waals surface area contributed by atoms with Gasteiger partial charge >= 0.3 is 0 Å². The van der Waals surface area contributed by atoms with E-state index in [1.165, 1.54) is 0 Å². The molecular weight excluding hydrogens is 265 g/mol. The molecule has 20 heavy (non-hydrogen) atoms. The summed E-state index contributed by atoms with van der Waals surface area (Å²) in [7, 11) is 0. The maximum absolute atomic E-state index is 13.4. The molecule has 2 rings (SSSR count). The van der Waals surface area contributed by atoms with Crippen LogP contribution in [0.25, 0.3) is 0 Å². The first-order valence-electron chi connectivity index (χ1n) is 6.92. The lowest BCUT2D eigenvalue weighted by atomic mass is 9.86. The molecule has 0 saturated carbocycles. The maximum atomic E-state index is 13.4. The van der Waals surface area contributed by atoms with E-state index >= 15 is 0 Å². The van der Waals surface area contributed by atoms with Crippen molar-refractivity contribution in [1.29, 1.82) is 0 Å². The van der Waals surface area contributed by atoms with Crippen LogP contribution in [0.5, 0.6) is 0 Å². The fourth-order valence-electron chi connectivity index (χ4n) is 2.46. The lowest BCUT2D eigenvalue weighted by Gasteiger charge is -2.34. The number of hydrogen-bond donors (Lipinski definition) is 1. The third kappa shape index (κ3) is 3.26. The van der Waals surface area contributed by atoms with E-state index in [-0.39, 0.29) is 11.5 Å². The van der Waals surface area contributed by atoms with Crippen LogP contribution in [0, 0.1) is 22.9 Å². The predicted octanol–water partition coefficient (Wildman–Crippen LogP) is 3.32. The minimum absolute atomic E-state index is 0.0414. The monoisotopic (exact) mass is 286 g/mol. The number of anilines is 1. The highest BCUT2D eigenvalue weighted by molar-refractivity contribution is 5.47. The van der Waals surface area contributed by atoms with Gasteiger partial charge in [-0.3, -0.25) is 0 Å². The second-order valence-corrected chi connectivity index (χ2v) is 6.40. The van der Waals surface area contributed by atoms with Gasteiger partial charge in [-0.2, -0.15) is 0 Å². The molecule has 1 aliphatic heterocycles. The molecule has 112 valence electrons. The highest BCUT2D eigenvalue weighted by atomic mass is 19.2. The van der Waals surface area contributed by atoms with Crippen LogP contribution in [0.3, 0.4) is 0 Å². The van der Waals surface area contributed by atoms with Gasteiger partial charge < -0.3 is 10.2 Å². The van der Waals surface area contributed by atoms with E-state index in [0.29, 0.717) is 18.8 Å². The SMILES string of the molecule is CC(C)(C)C1CN(c2cc(F)c(F)c(F)c2)CCCN1. The molecule has 1 fully saturated rings. The predicted molar refractivity (Wildman–Crippen MR) is 74.4 cm³/mol. The van der Waals surface area contributed by atoms with Crippen molar-refractivity contribution in [1.82, 2.24) is 5.32 Å². The Morgan fingerprint density at radius 2 is 1.75 bits per heavy atom. The van der Waals surface area contributed by atoms with Gasteiger partial charge in [0.1, 0.15) is 0 Å². The highest BCUT2D eigenvalue weighted by Gasteiger charge is 2.28. The lowest BCUT2D eigenvalue weighted by molar-refractivity contribution is 0.280. The second-order valence-electron chi connectivity index (χ2n) is 6.40. The molecule has 5 heteroatoms. The standard InChI is InChI=1S/C15H21F3N2/c1-15(2,3)13-9-20(6-4-5-19-13)10-7-11(16)14(18)12(17)8-10/h7-8,13,19H,4-6,9H2,1-3H3. The summed E-state index contributed by atoms with van der Waals surface area (Å²) in [5.74, 6) is -3.68. The molecule has 1 aromatic rings. The number of halogens is 3. The average Bonchev–Trinajstić information content (AvgIpc) is 2.60. The highest BCUT2D eigenvalue weighted by Crippen LogP contribution is 2.26. The third-order valence-corrected chi connectivity index (χ3v) is 3.78. The number of rotatable bonds is 1.